The molecular formula is C30H33NO6. The molecule has 2 fully saturated rings. The zero-order valence-electron chi connectivity index (χ0n) is 21.3. The molecule has 37 heavy (non-hydrogen) atoms. The monoisotopic (exact) mass is 503 g/mol. The molecular weight excluding hydrogens is 470 g/mol. The molecule has 2 aromatic rings. The molecule has 194 valence electrons. The second-order valence-electron chi connectivity index (χ2n) is 9.90. The number of hydrogen-bond acceptors (Lipinski definition) is 7. The highest BCUT2D eigenvalue weighted by molar-refractivity contribution is 6.15. The van der Waals surface area contributed by atoms with Gasteiger partial charge in [-0.15, -0.1) is 0 Å². The summed E-state index contributed by atoms with van der Waals surface area (Å²) in [4.78, 5) is 42.3. The van der Waals surface area contributed by atoms with Crippen molar-refractivity contribution in [3.05, 3.63) is 88.6 Å². The first-order valence-electron chi connectivity index (χ1n) is 12.8. The fourth-order valence-corrected chi connectivity index (χ4v) is 4.64. The first-order chi connectivity index (χ1) is 17.8. The van der Waals surface area contributed by atoms with E-state index in [1.165, 1.54) is 51.5 Å². The lowest BCUT2D eigenvalue weighted by atomic mass is 9.84. The van der Waals surface area contributed by atoms with Crippen LogP contribution < -0.4 is 5.48 Å². The zero-order valence-corrected chi connectivity index (χ0v) is 21.3. The Balaban J connectivity index is 1.46. The first kappa shape index (κ1) is 26.2. The van der Waals surface area contributed by atoms with Crippen molar-refractivity contribution >= 4 is 24.0 Å². The molecule has 1 heterocycles. The highest BCUT2D eigenvalue weighted by atomic mass is 16.7. The Morgan fingerprint density at radius 3 is 2.27 bits per heavy atom. The highest BCUT2D eigenvalue weighted by Gasteiger charge is 2.39. The number of hydroxylamine groups is 1. The van der Waals surface area contributed by atoms with Crippen molar-refractivity contribution in [1.29, 1.82) is 0 Å². The minimum absolute atomic E-state index is 0.389. The maximum absolute atomic E-state index is 13.0. The minimum atomic E-state index is -1.35. The van der Waals surface area contributed by atoms with Crippen molar-refractivity contribution in [3.63, 3.8) is 0 Å². The predicted octanol–water partition coefficient (Wildman–Crippen LogP) is 5.52. The number of ether oxygens (including phenoxy) is 2. The molecule has 0 aromatic heterocycles. The molecule has 0 unspecified atom stereocenters. The lowest BCUT2D eigenvalue weighted by molar-refractivity contribution is -0.222. The van der Waals surface area contributed by atoms with Crippen molar-refractivity contribution in [2.24, 2.45) is 0 Å². The number of carbonyl (C=O) groups excluding carboxylic acids is 3. The van der Waals surface area contributed by atoms with Crippen LogP contribution in [0.2, 0.25) is 0 Å². The van der Waals surface area contributed by atoms with E-state index in [2.05, 4.69) is 17.6 Å². The summed E-state index contributed by atoms with van der Waals surface area (Å²) in [6.45, 7) is 2.91. The van der Waals surface area contributed by atoms with E-state index in [-0.39, 0.29) is 5.57 Å². The van der Waals surface area contributed by atoms with Gasteiger partial charge in [-0.1, -0.05) is 73.9 Å². The third-order valence-electron chi connectivity index (χ3n) is 6.61. The predicted molar refractivity (Wildman–Crippen MR) is 139 cm³/mol. The minimum Gasteiger partial charge on any atom is -0.419 e. The van der Waals surface area contributed by atoms with Gasteiger partial charge in [-0.05, 0) is 54.4 Å². The number of aryl methyl sites for hydroxylation is 1. The van der Waals surface area contributed by atoms with Crippen molar-refractivity contribution in [2.75, 3.05) is 0 Å². The van der Waals surface area contributed by atoms with Crippen LogP contribution in [0, 0.1) is 0 Å². The number of cyclic esters (lactones) is 2. The third-order valence-corrected chi connectivity index (χ3v) is 6.61. The van der Waals surface area contributed by atoms with Gasteiger partial charge in [-0.25, -0.2) is 19.9 Å². The summed E-state index contributed by atoms with van der Waals surface area (Å²) in [5.41, 5.74) is 5.71. The quantitative estimate of drug-likeness (QED) is 0.220. The van der Waals surface area contributed by atoms with Crippen LogP contribution in [0.4, 0.5) is 0 Å². The fraction of sp³-hybridized carbons (Fsp3) is 0.367. The summed E-state index contributed by atoms with van der Waals surface area (Å²) in [6.07, 6.45) is 10.2. The molecule has 2 aliphatic rings. The van der Waals surface area contributed by atoms with Gasteiger partial charge in [-0.2, -0.15) is 0 Å². The maximum atomic E-state index is 13.0. The van der Waals surface area contributed by atoms with Crippen LogP contribution >= 0.6 is 0 Å². The molecule has 1 saturated carbocycles. The van der Waals surface area contributed by atoms with Gasteiger partial charge in [0.1, 0.15) is 0 Å². The average molecular weight is 504 g/mol. The van der Waals surface area contributed by atoms with Gasteiger partial charge in [0.2, 0.25) is 0 Å². The molecule has 4 rings (SSSR count). The van der Waals surface area contributed by atoms with E-state index in [4.69, 9.17) is 14.3 Å². The molecule has 1 N–H and O–H groups in total. The van der Waals surface area contributed by atoms with Crippen LogP contribution in [0.5, 0.6) is 0 Å². The molecule has 0 bridgehead atoms. The number of nitrogens with one attached hydrogen (secondary N) is 1. The van der Waals surface area contributed by atoms with Gasteiger partial charge >= 0.3 is 17.9 Å². The molecule has 7 heteroatoms. The summed E-state index contributed by atoms with van der Waals surface area (Å²) in [5, 5.41) is 0. The lowest BCUT2D eigenvalue weighted by Gasteiger charge is -2.29. The Labute approximate surface area is 217 Å². The van der Waals surface area contributed by atoms with E-state index in [9.17, 15) is 14.4 Å². The van der Waals surface area contributed by atoms with E-state index < -0.39 is 23.7 Å². The van der Waals surface area contributed by atoms with Gasteiger partial charge in [-0.3, -0.25) is 0 Å². The van der Waals surface area contributed by atoms with Gasteiger partial charge in [0.05, 0.1) is 6.20 Å². The zero-order chi connectivity index (χ0) is 26.3. The Bertz CT molecular complexity index is 1150. The number of carbonyl (C=O) groups is 3. The molecule has 1 aliphatic carbocycles. The van der Waals surface area contributed by atoms with Crippen molar-refractivity contribution in [3.8, 4) is 0 Å². The Hall–Kier alpha value is -3.87. The second-order valence-corrected chi connectivity index (χ2v) is 9.90. The third kappa shape index (κ3) is 7.32. The van der Waals surface area contributed by atoms with Crippen molar-refractivity contribution in [1.82, 2.24) is 5.48 Å². The Morgan fingerprint density at radius 1 is 0.973 bits per heavy atom. The van der Waals surface area contributed by atoms with E-state index in [0.29, 0.717) is 24.3 Å². The van der Waals surface area contributed by atoms with E-state index >= 15 is 0 Å². The molecule has 2 aromatic carbocycles. The number of hydrogen-bond donors (Lipinski definition) is 1. The van der Waals surface area contributed by atoms with Crippen LogP contribution in [-0.2, 0) is 35.1 Å². The van der Waals surface area contributed by atoms with Crippen molar-refractivity contribution in [2.45, 2.75) is 70.5 Å². The first-order valence-corrected chi connectivity index (χ1v) is 12.8. The number of esters is 2. The van der Waals surface area contributed by atoms with E-state index in [0.717, 1.165) is 17.3 Å². The molecule has 1 saturated heterocycles. The molecule has 0 atom stereocenters. The van der Waals surface area contributed by atoms with Gasteiger partial charge in [0.25, 0.3) is 5.79 Å². The summed E-state index contributed by atoms with van der Waals surface area (Å²) >= 11 is 0. The SMILES string of the molecule is CC1(C)OC(=O)C(=CNOC(=O)C(=Cc2ccc(C3CCCCC3)cc2)CCc2ccccc2)C(=O)O1. The van der Waals surface area contributed by atoms with Crippen LogP contribution in [0.3, 0.4) is 0 Å². The number of rotatable bonds is 8. The second kappa shape index (κ2) is 11.9. The van der Waals surface area contributed by atoms with Crippen molar-refractivity contribution < 1.29 is 28.7 Å². The number of benzene rings is 2. The normalized spacial score (nSPS) is 18.0. The van der Waals surface area contributed by atoms with E-state index in [1.807, 2.05) is 48.5 Å². The molecule has 1 aliphatic heterocycles. The topological polar surface area (TPSA) is 90.9 Å². The lowest BCUT2D eigenvalue weighted by Crippen LogP contribution is -2.42. The van der Waals surface area contributed by atoms with Crippen LogP contribution in [0.25, 0.3) is 6.08 Å². The van der Waals surface area contributed by atoms with Crippen LogP contribution in [0.1, 0.15) is 75.0 Å². The van der Waals surface area contributed by atoms with Gasteiger partial charge in [0.15, 0.2) is 5.57 Å². The molecule has 0 amide bonds. The molecule has 0 spiro atoms. The summed E-state index contributed by atoms with van der Waals surface area (Å²) < 4.78 is 10.1. The Kier molecular flexibility index (Phi) is 8.43. The van der Waals surface area contributed by atoms with E-state index in [1.54, 1.807) is 0 Å². The highest BCUT2D eigenvalue weighted by Crippen LogP contribution is 2.32. The largest absolute Gasteiger partial charge is 0.419 e. The smallest absolute Gasteiger partial charge is 0.358 e. The summed E-state index contributed by atoms with van der Waals surface area (Å²) in [5.74, 6) is -3.06. The standard InChI is InChI=1S/C30H33NO6/c1-30(2)35-28(33)26(29(34)36-30)20-31-37-27(32)25(18-13-21-9-5-3-6-10-21)19-22-14-16-24(17-15-22)23-11-7-4-8-12-23/h3,5-6,9-10,14-17,19-20,23,31H,4,7-8,11-13,18H2,1-2H3. The summed E-state index contributed by atoms with van der Waals surface area (Å²) in [6, 6.07) is 18.2. The molecule has 0 radical (unpaired) electrons. The fourth-order valence-electron chi connectivity index (χ4n) is 4.64. The van der Waals surface area contributed by atoms with Gasteiger partial charge in [0, 0.05) is 19.4 Å². The van der Waals surface area contributed by atoms with Crippen LogP contribution in [0.15, 0.2) is 71.9 Å². The van der Waals surface area contributed by atoms with Gasteiger partial charge < -0.3 is 14.3 Å². The average Bonchev–Trinajstić information content (AvgIpc) is 2.89. The maximum Gasteiger partial charge on any atom is 0.358 e. The summed E-state index contributed by atoms with van der Waals surface area (Å²) in [7, 11) is 0. The molecule has 7 nitrogen and oxygen atoms in total. The Morgan fingerprint density at radius 2 is 1.62 bits per heavy atom. The van der Waals surface area contributed by atoms with Crippen LogP contribution in [-0.4, -0.2) is 23.7 Å².